The standard InChI is InChI=1S/C16H17BrClNO3/c1-9(2)19-13(17)8-12(16(21)22-3)14(19)15(20)10-4-6-11(18)7-5-10/h4-9,15,20H,1-3H3. The number of aliphatic hydroxyl groups excluding tert-OH is 1. The van der Waals surface area contributed by atoms with E-state index < -0.39 is 12.1 Å². The van der Waals surface area contributed by atoms with Gasteiger partial charge in [0.1, 0.15) is 6.10 Å². The topological polar surface area (TPSA) is 51.5 Å². The lowest BCUT2D eigenvalue weighted by atomic mass is 10.0. The lowest BCUT2D eigenvalue weighted by molar-refractivity contribution is 0.0594. The maximum atomic E-state index is 12.0. The lowest BCUT2D eigenvalue weighted by Gasteiger charge is -2.20. The van der Waals surface area contributed by atoms with Crippen molar-refractivity contribution in [3.63, 3.8) is 0 Å². The van der Waals surface area contributed by atoms with Gasteiger partial charge in [0.2, 0.25) is 0 Å². The number of hydrogen-bond donors (Lipinski definition) is 1. The molecule has 0 fully saturated rings. The van der Waals surface area contributed by atoms with Crippen molar-refractivity contribution < 1.29 is 14.6 Å². The number of aromatic nitrogens is 1. The minimum atomic E-state index is -0.958. The van der Waals surface area contributed by atoms with Gasteiger partial charge in [-0.25, -0.2) is 4.79 Å². The molecule has 1 N–H and O–H groups in total. The first-order valence-corrected chi connectivity index (χ1v) is 7.96. The van der Waals surface area contributed by atoms with E-state index in [1.165, 1.54) is 7.11 Å². The van der Waals surface area contributed by atoms with Crippen LogP contribution in [0.1, 0.15) is 47.6 Å². The van der Waals surface area contributed by atoms with Crippen LogP contribution in [0.15, 0.2) is 34.9 Å². The van der Waals surface area contributed by atoms with Gasteiger partial charge in [0.25, 0.3) is 0 Å². The molecule has 2 aromatic rings. The van der Waals surface area contributed by atoms with Gasteiger partial charge in [0.15, 0.2) is 0 Å². The number of nitrogens with zero attached hydrogens (tertiary/aromatic N) is 1. The van der Waals surface area contributed by atoms with E-state index in [-0.39, 0.29) is 6.04 Å². The van der Waals surface area contributed by atoms with Gasteiger partial charge in [-0.05, 0) is 53.5 Å². The fourth-order valence-corrected chi connectivity index (χ4v) is 3.34. The molecule has 0 amide bonds. The molecule has 0 spiro atoms. The molecule has 1 aromatic carbocycles. The zero-order valence-corrected chi connectivity index (χ0v) is 14.9. The second-order valence-corrected chi connectivity index (χ2v) is 6.42. The zero-order chi connectivity index (χ0) is 16.4. The summed E-state index contributed by atoms with van der Waals surface area (Å²) in [6.07, 6.45) is -0.958. The molecule has 1 aromatic heterocycles. The van der Waals surface area contributed by atoms with Crippen molar-refractivity contribution in [2.24, 2.45) is 0 Å². The van der Waals surface area contributed by atoms with E-state index in [2.05, 4.69) is 15.9 Å². The third kappa shape index (κ3) is 3.21. The highest BCUT2D eigenvalue weighted by Crippen LogP contribution is 2.34. The van der Waals surface area contributed by atoms with Crippen LogP contribution in [0.3, 0.4) is 0 Å². The Morgan fingerprint density at radius 1 is 1.32 bits per heavy atom. The number of ether oxygens (including phenoxy) is 1. The van der Waals surface area contributed by atoms with Gasteiger partial charge in [-0.3, -0.25) is 0 Å². The maximum absolute atomic E-state index is 12.0. The minimum Gasteiger partial charge on any atom is -0.465 e. The highest BCUT2D eigenvalue weighted by atomic mass is 79.9. The summed E-state index contributed by atoms with van der Waals surface area (Å²) in [7, 11) is 1.32. The van der Waals surface area contributed by atoms with E-state index in [0.29, 0.717) is 26.4 Å². The summed E-state index contributed by atoms with van der Waals surface area (Å²) >= 11 is 9.33. The van der Waals surface area contributed by atoms with Gasteiger partial charge >= 0.3 is 5.97 Å². The molecule has 0 aliphatic carbocycles. The monoisotopic (exact) mass is 385 g/mol. The predicted molar refractivity (Wildman–Crippen MR) is 89.4 cm³/mol. The van der Waals surface area contributed by atoms with Crippen LogP contribution < -0.4 is 0 Å². The van der Waals surface area contributed by atoms with Gasteiger partial charge in [0.05, 0.1) is 23.0 Å². The number of carbonyl (C=O) groups is 1. The normalized spacial score (nSPS) is 12.5. The Kier molecular flexibility index (Phi) is 5.32. The van der Waals surface area contributed by atoms with Gasteiger partial charge < -0.3 is 14.4 Å². The molecule has 2 rings (SSSR count). The second-order valence-electron chi connectivity index (χ2n) is 5.18. The van der Waals surface area contributed by atoms with Gasteiger partial charge in [-0.1, -0.05) is 23.7 Å². The quantitative estimate of drug-likeness (QED) is 0.795. The molecule has 0 bridgehead atoms. The van der Waals surface area contributed by atoms with Crippen molar-refractivity contribution in [1.82, 2.24) is 4.57 Å². The molecule has 1 heterocycles. The fraction of sp³-hybridized carbons (Fsp3) is 0.312. The van der Waals surface area contributed by atoms with Crippen LogP contribution in [0.2, 0.25) is 5.02 Å². The number of carbonyl (C=O) groups excluding carboxylic acids is 1. The van der Waals surface area contributed by atoms with Crippen LogP contribution in [-0.2, 0) is 4.74 Å². The average molecular weight is 387 g/mol. The smallest absolute Gasteiger partial charge is 0.339 e. The van der Waals surface area contributed by atoms with Crippen molar-refractivity contribution >= 4 is 33.5 Å². The highest BCUT2D eigenvalue weighted by Gasteiger charge is 2.27. The Morgan fingerprint density at radius 3 is 2.41 bits per heavy atom. The Hall–Kier alpha value is -1.30. The van der Waals surface area contributed by atoms with Crippen molar-refractivity contribution in [3.8, 4) is 0 Å². The molecular formula is C16H17BrClNO3. The fourth-order valence-electron chi connectivity index (χ4n) is 2.39. The number of hydrogen-bond acceptors (Lipinski definition) is 3. The summed E-state index contributed by atoms with van der Waals surface area (Å²) in [6.45, 7) is 3.95. The third-order valence-electron chi connectivity index (χ3n) is 3.40. The molecule has 6 heteroatoms. The number of esters is 1. The molecule has 22 heavy (non-hydrogen) atoms. The van der Waals surface area contributed by atoms with Crippen molar-refractivity contribution in [1.29, 1.82) is 0 Å². The Labute approximate surface area is 142 Å². The van der Waals surface area contributed by atoms with Crippen molar-refractivity contribution in [3.05, 3.63) is 56.8 Å². The third-order valence-corrected chi connectivity index (χ3v) is 4.26. The van der Waals surface area contributed by atoms with Crippen LogP contribution in [0.25, 0.3) is 0 Å². The van der Waals surface area contributed by atoms with E-state index in [0.717, 1.165) is 0 Å². The van der Waals surface area contributed by atoms with Gasteiger partial charge in [0, 0.05) is 11.1 Å². The first-order valence-electron chi connectivity index (χ1n) is 6.79. The Morgan fingerprint density at radius 2 is 1.91 bits per heavy atom. The zero-order valence-electron chi connectivity index (χ0n) is 12.5. The summed E-state index contributed by atoms with van der Waals surface area (Å²) < 4.78 is 7.41. The maximum Gasteiger partial charge on any atom is 0.339 e. The lowest BCUT2D eigenvalue weighted by Crippen LogP contribution is -2.15. The van der Waals surface area contributed by atoms with Gasteiger partial charge in [-0.2, -0.15) is 0 Å². The number of benzene rings is 1. The number of aliphatic hydroxyl groups is 1. The molecule has 0 saturated heterocycles. The number of methoxy groups -OCH3 is 1. The second kappa shape index (κ2) is 6.86. The molecule has 1 atom stereocenters. The van der Waals surface area contributed by atoms with Crippen LogP contribution in [0, 0.1) is 0 Å². The van der Waals surface area contributed by atoms with E-state index in [1.54, 1.807) is 30.3 Å². The van der Waals surface area contributed by atoms with Crippen molar-refractivity contribution in [2.45, 2.75) is 26.0 Å². The summed E-state index contributed by atoms with van der Waals surface area (Å²) in [6, 6.07) is 8.61. The molecule has 0 saturated carbocycles. The Bertz CT molecular complexity index is 679. The molecule has 0 aliphatic rings. The van der Waals surface area contributed by atoms with Crippen LogP contribution in [0.5, 0.6) is 0 Å². The van der Waals surface area contributed by atoms with Gasteiger partial charge in [-0.15, -0.1) is 0 Å². The van der Waals surface area contributed by atoms with Crippen LogP contribution in [-0.4, -0.2) is 22.8 Å². The summed E-state index contributed by atoms with van der Waals surface area (Å²) in [4.78, 5) is 12.0. The first-order chi connectivity index (χ1) is 10.4. The van der Waals surface area contributed by atoms with Crippen molar-refractivity contribution in [2.75, 3.05) is 7.11 Å². The molecule has 4 nitrogen and oxygen atoms in total. The van der Waals surface area contributed by atoms with E-state index in [4.69, 9.17) is 16.3 Å². The molecule has 0 radical (unpaired) electrons. The van der Waals surface area contributed by atoms with Crippen LogP contribution in [0.4, 0.5) is 0 Å². The minimum absolute atomic E-state index is 0.0599. The summed E-state index contributed by atoms with van der Waals surface area (Å²) in [5.41, 5.74) is 1.49. The summed E-state index contributed by atoms with van der Waals surface area (Å²) in [5, 5.41) is 11.3. The highest BCUT2D eigenvalue weighted by molar-refractivity contribution is 9.10. The SMILES string of the molecule is COC(=O)c1cc(Br)n(C(C)C)c1C(O)c1ccc(Cl)cc1. The molecule has 1 unspecified atom stereocenters. The van der Waals surface area contributed by atoms with E-state index in [1.807, 2.05) is 18.4 Å². The number of halogens is 2. The summed E-state index contributed by atoms with van der Waals surface area (Å²) in [5.74, 6) is -0.483. The Balaban J connectivity index is 2.60. The molecule has 0 aliphatic heterocycles. The largest absolute Gasteiger partial charge is 0.465 e. The van der Waals surface area contributed by atoms with E-state index >= 15 is 0 Å². The van der Waals surface area contributed by atoms with E-state index in [9.17, 15) is 9.90 Å². The molecule has 118 valence electrons. The first kappa shape index (κ1) is 17.1. The number of rotatable bonds is 4. The van der Waals surface area contributed by atoms with Crippen LogP contribution >= 0.6 is 27.5 Å². The predicted octanol–water partition coefficient (Wildman–Crippen LogP) is 4.35. The molecular weight excluding hydrogens is 370 g/mol. The average Bonchev–Trinajstić information content (AvgIpc) is 2.84.